The smallest absolute Gasteiger partial charge is 0.0488 e. The Hall–Kier alpha value is -1.76. The van der Waals surface area contributed by atoms with Gasteiger partial charge in [-0.3, -0.25) is 0 Å². The van der Waals surface area contributed by atoms with Gasteiger partial charge in [0.1, 0.15) is 0 Å². The maximum Gasteiger partial charge on any atom is 0.0488 e. The summed E-state index contributed by atoms with van der Waals surface area (Å²) in [5.74, 6) is 0.565. The first-order valence-electron chi connectivity index (χ1n) is 7.81. The lowest BCUT2D eigenvalue weighted by molar-refractivity contribution is 0.591. The number of fused-ring (bicyclic) bond motifs is 3. The zero-order chi connectivity index (χ0) is 15.4. The van der Waals surface area contributed by atoms with Gasteiger partial charge in [0.15, 0.2) is 0 Å². The largest absolute Gasteiger partial charge is 0.344 e. The average molecular weight is 279 g/mol. The number of rotatable bonds is 1. The molecule has 0 spiro atoms. The van der Waals surface area contributed by atoms with Gasteiger partial charge in [0.2, 0.25) is 0 Å². The van der Waals surface area contributed by atoms with E-state index in [9.17, 15) is 0 Å². The number of aromatic nitrogens is 1. The van der Waals surface area contributed by atoms with E-state index in [1.54, 1.807) is 0 Å². The van der Waals surface area contributed by atoms with Crippen molar-refractivity contribution < 1.29 is 0 Å². The van der Waals surface area contributed by atoms with Crippen LogP contribution in [-0.2, 0) is 12.5 Å². The molecule has 0 unspecified atom stereocenters. The van der Waals surface area contributed by atoms with Crippen LogP contribution in [0, 0.1) is 0 Å². The molecule has 0 radical (unpaired) electrons. The fourth-order valence-electron chi connectivity index (χ4n) is 3.06. The lowest BCUT2D eigenvalue weighted by Gasteiger charge is -2.19. The Morgan fingerprint density at radius 2 is 1.43 bits per heavy atom. The third-order valence-electron chi connectivity index (χ3n) is 4.56. The van der Waals surface area contributed by atoms with E-state index in [4.69, 9.17) is 0 Å². The van der Waals surface area contributed by atoms with Crippen LogP contribution in [0.25, 0.3) is 21.8 Å². The van der Waals surface area contributed by atoms with E-state index in [1.807, 2.05) is 0 Å². The molecule has 1 aromatic heterocycles. The minimum absolute atomic E-state index is 0.187. The summed E-state index contributed by atoms with van der Waals surface area (Å²) in [6.45, 7) is 11.3. The monoisotopic (exact) mass is 279 g/mol. The summed E-state index contributed by atoms with van der Waals surface area (Å²) in [6, 6.07) is 13.8. The van der Waals surface area contributed by atoms with Crippen LogP contribution in [0.1, 0.15) is 51.7 Å². The SMILES string of the molecule is CC(C)c1ccc2c(c1)c1cc(C(C)(C)C)ccc1n2C. The molecule has 0 N–H and O–H groups in total. The van der Waals surface area contributed by atoms with E-state index >= 15 is 0 Å². The molecule has 21 heavy (non-hydrogen) atoms. The van der Waals surface area contributed by atoms with E-state index in [0.717, 1.165) is 0 Å². The topological polar surface area (TPSA) is 4.93 Å². The second kappa shape index (κ2) is 4.62. The van der Waals surface area contributed by atoms with Crippen molar-refractivity contribution in [1.29, 1.82) is 0 Å². The normalized spacial score (nSPS) is 12.7. The fourth-order valence-corrected chi connectivity index (χ4v) is 3.06. The Bertz CT molecular complexity index is 813. The van der Waals surface area contributed by atoms with Gasteiger partial charge in [0.05, 0.1) is 0 Å². The van der Waals surface area contributed by atoms with Crippen LogP contribution in [0.2, 0.25) is 0 Å². The summed E-state index contributed by atoms with van der Waals surface area (Å²) in [6.07, 6.45) is 0. The first kappa shape index (κ1) is 14.2. The maximum atomic E-state index is 2.38. The van der Waals surface area contributed by atoms with Crippen LogP contribution >= 0.6 is 0 Å². The van der Waals surface area contributed by atoms with Crippen LogP contribution in [0.4, 0.5) is 0 Å². The number of benzene rings is 2. The number of hydrogen-bond donors (Lipinski definition) is 0. The Morgan fingerprint density at radius 3 is 2.00 bits per heavy atom. The first-order valence-corrected chi connectivity index (χ1v) is 7.81. The third-order valence-corrected chi connectivity index (χ3v) is 4.56. The standard InChI is InChI=1S/C20H25N/c1-13(2)14-7-9-18-16(11-14)17-12-15(20(3,4)5)8-10-19(17)21(18)6/h7-13H,1-6H3. The highest BCUT2D eigenvalue weighted by Crippen LogP contribution is 2.33. The molecule has 0 aliphatic heterocycles. The van der Waals surface area contributed by atoms with Crippen molar-refractivity contribution in [2.24, 2.45) is 7.05 Å². The molecule has 110 valence electrons. The van der Waals surface area contributed by atoms with Gasteiger partial charge < -0.3 is 4.57 Å². The molecule has 2 aromatic carbocycles. The number of aryl methyl sites for hydroxylation is 1. The van der Waals surface area contributed by atoms with Gasteiger partial charge in [-0.1, -0.05) is 46.8 Å². The zero-order valence-corrected chi connectivity index (χ0v) is 14.0. The molecule has 0 amide bonds. The Labute approximate surface area is 127 Å². The van der Waals surface area contributed by atoms with Gasteiger partial charge in [0, 0.05) is 28.9 Å². The van der Waals surface area contributed by atoms with Crippen molar-refractivity contribution >= 4 is 21.8 Å². The van der Waals surface area contributed by atoms with Crippen molar-refractivity contribution in [3.05, 3.63) is 47.5 Å². The van der Waals surface area contributed by atoms with E-state index in [1.165, 1.54) is 32.9 Å². The lowest BCUT2D eigenvalue weighted by Crippen LogP contribution is -2.10. The predicted molar refractivity (Wildman–Crippen MR) is 93.2 cm³/mol. The molecule has 0 bridgehead atoms. The quantitative estimate of drug-likeness (QED) is 0.534. The number of nitrogens with zero attached hydrogens (tertiary/aromatic N) is 1. The summed E-state index contributed by atoms with van der Waals surface area (Å²) in [7, 11) is 2.16. The van der Waals surface area contributed by atoms with Crippen molar-refractivity contribution in [2.45, 2.75) is 46.0 Å². The van der Waals surface area contributed by atoms with Gasteiger partial charge in [-0.25, -0.2) is 0 Å². The zero-order valence-electron chi connectivity index (χ0n) is 14.0. The summed E-state index contributed by atoms with van der Waals surface area (Å²) in [5, 5.41) is 2.76. The molecule has 1 heterocycles. The summed E-state index contributed by atoms with van der Waals surface area (Å²) in [5.41, 5.74) is 5.64. The second-order valence-electron chi connectivity index (χ2n) is 7.47. The lowest BCUT2D eigenvalue weighted by atomic mass is 9.86. The van der Waals surface area contributed by atoms with E-state index < -0.39 is 0 Å². The van der Waals surface area contributed by atoms with Crippen LogP contribution in [-0.4, -0.2) is 4.57 Å². The Kier molecular flexibility index (Phi) is 3.12. The van der Waals surface area contributed by atoms with Crippen LogP contribution in [0.3, 0.4) is 0 Å². The average Bonchev–Trinajstić information content (AvgIpc) is 2.70. The molecule has 0 aliphatic rings. The van der Waals surface area contributed by atoms with E-state index in [2.05, 4.69) is 82.6 Å². The molecule has 0 saturated heterocycles. The minimum Gasteiger partial charge on any atom is -0.344 e. The van der Waals surface area contributed by atoms with Crippen LogP contribution in [0.15, 0.2) is 36.4 Å². The van der Waals surface area contributed by atoms with Crippen LogP contribution in [0.5, 0.6) is 0 Å². The third kappa shape index (κ3) is 2.25. The Morgan fingerprint density at radius 1 is 0.857 bits per heavy atom. The van der Waals surface area contributed by atoms with Gasteiger partial charge in [-0.15, -0.1) is 0 Å². The summed E-state index contributed by atoms with van der Waals surface area (Å²) >= 11 is 0. The minimum atomic E-state index is 0.187. The van der Waals surface area contributed by atoms with Crippen molar-refractivity contribution in [1.82, 2.24) is 4.57 Å². The second-order valence-corrected chi connectivity index (χ2v) is 7.47. The highest BCUT2D eigenvalue weighted by molar-refractivity contribution is 6.08. The molecule has 0 saturated carbocycles. The Balaban J connectivity index is 2.38. The molecular weight excluding hydrogens is 254 g/mol. The molecule has 1 heteroatoms. The van der Waals surface area contributed by atoms with Gasteiger partial charge >= 0.3 is 0 Å². The molecule has 3 aromatic rings. The molecule has 3 rings (SSSR count). The van der Waals surface area contributed by atoms with E-state index in [-0.39, 0.29) is 5.41 Å². The van der Waals surface area contributed by atoms with Crippen molar-refractivity contribution in [3.63, 3.8) is 0 Å². The highest BCUT2D eigenvalue weighted by atomic mass is 14.9. The molecular formula is C20H25N. The maximum absolute atomic E-state index is 2.38. The first-order chi connectivity index (χ1) is 9.79. The predicted octanol–water partition coefficient (Wildman–Crippen LogP) is 5.75. The van der Waals surface area contributed by atoms with Gasteiger partial charge in [-0.05, 0) is 46.7 Å². The van der Waals surface area contributed by atoms with Gasteiger partial charge in [0.25, 0.3) is 0 Å². The van der Waals surface area contributed by atoms with Crippen molar-refractivity contribution in [3.8, 4) is 0 Å². The molecule has 0 aliphatic carbocycles. The highest BCUT2D eigenvalue weighted by Gasteiger charge is 2.16. The van der Waals surface area contributed by atoms with Gasteiger partial charge in [-0.2, -0.15) is 0 Å². The van der Waals surface area contributed by atoms with Crippen molar-refractivity contribution in [2.75, 3.05) is 0 Å². The fraction of sp³-hybridized carbons (Fsp3) is 0.400. The van der Waals surface area contributed by atoms with E-state index in [0.29, 0.717) is 5.92 Å². The molecule has 0 atom stereocenters. The summed E-state index contributed by atoms with van der Waals surface area (Å²) < 4.78 is 2.31. The molecule has 1 nitrogen and oxygen atoms in total. The summed E-state index contributed by atoms with van der Waals surface area (Å²) in [4.78, 5) is 0. The van der Waals surface area contributed by atoms with Crippen LogP contribution < -0.4 is 0 Å². The number of hydrogen-bond acceptors (Lipinski definition) is 0. The molecule has 0 fully saturated rings.